The summed E-state index contributed by atoms with van der Waals surface area (Å²) in [6.07, 6.45) is -3.54. The minimum Gasteiger partial charge on any atom is -0.497 e. The first-order valence-corrected chi connectivity index (χ1v) is 14.6. The Morgan fingerprint density at radius 2 is 1.83 bits per heavy atom. The van der Waals surface area contributed by atoms with E-state index in [9.17, 15) is 22.8 Å². The molecule has 1 aliphatic heterocycles. The van der Waals surface area contributed by atoms with E-state index >= 15 is 0 Å². The Labute approximate surface area is 267 Å². The summed E-state index contributed by atoms with van der Waals surface area (Å²) in [5.74, 6) is -1.14. The molecule has 5 rings (SSSR count). The number of hydrogen-bond acceptors (Lipinski definition) is 8. The lowest BCUT2D eigenvalue weighted by Crippen LogP contribution is -2.38. The van der Waals surface area contributed by atoms with Gasteiger partial charge in [0.1, 0.15) is 29.9 Å². The van der Waals surface area contributed by atoms with E-state index in [0.29, 0.717) is 44.7 Å². The van der Waals surface area contributed by atoms with Crippen LogP contribution in [0, 0.1) is 0 Å². The zero-order valence-electron chi connectivity index (χ0n) is 25.1. The van der Waals surface area contributed by atoms with Crippen LogP contribution in [0.4, 0.5) is 24.5 Å². The smallest absolute Gasteiger partial charge is 0.497 e. The minimum atomic E-state index is -4.90. The number of ether oxygens (including phenoxy) is 3. The van der Waals surface area contributed by atoms with E-state index in [0.717, 1.165) is 18.4 Å². The summed E-state index contributed by atoms with van der Waals surface area (Å²) in [4.78, 5) is 32.0. The highest BCUT2D eigenvalue weighted by Gasteiger charge is 2.54. The fourth-order valence-corrected chi connectivity index (χ4v) is 5.65. The number of anilines is 2. The van der Waals surface area contributed by atoms with Crippen molar-refractivity contribution in [1.29, 1.82) is 0 Å². The minimum absolute atomic E-state index is 0.122. The van der Waals surface area contributed by atoms with Gasteiger partial charge in [0.05, 0.1) is 32.0 Å². The monoisotopic (exact) mass is 661 g/mol. The van der Waals surface area contributed by atoms with Gasteiger partial charge in [-0.1, -0.05) is 28.9 Å². The molecule has 0 radical (unpaired) electrons. The molecule has 1 fully saturated rings. The van der Waals surface area contributed by atoms with Gasteiger partial charge in [-0.15, -0.1) is 13.2 Å². The number of aliphatic carboxylic acids is 1. The van der Waals surface area contributed by atoms with Crippen LogP contribution in [-0.2, 0) is 19.8 Å². The molecule has 3 aromatic carbocycles. The Morgan fingerprint density at radius 1 is 1.07 bits per heavy atom. The van der Waals surface area contributed by atoms with Gasteiger partial charge in [0.2, 0.25) is 0 Å². The molecule has 1 unspecified atom stereocenters. The highest BCUT2D eigenvalue weighted by molar-refractivity contribution is 6.30. The number of hydrogen-bond donors (Lipinski definition) is 2. The van der Waals surface area contributed by atoms with E-state index in [-0.39, 0.29) is 25.0 Å². The molecule has 10 nitrogen and oxygen atoms in total. The average Bonchev–Trinajstić information content (AvgIpc) is 3.72. The number of methoxy groups -OCH3 is 2. The van der Waals surface area contributed by atoms with Crippen LogP contribution in [-0.4, -0.2) is 56.4 Å². The number of halogens is 4. The molecule has 0 aromatic heterocycles. The van der Waals surface area contributed by atoms with Gasteiger partial charge in [-0.25, -0.2) is 0 Å². The van der Waals surface area contributed by atoms with Crippen molar-refractivity contribution in [1.82, 2.24) is 0 Å². The first kappa shape index (κ1) is 32.7. The van der Waals surface area contributed by atoms with Gasteiger partial charge < -0.3 is 34.4 Å². The maximum atomic E-state index is 14.6. The Kier molecular flexibility index (Phi) is 9.24. The maximum Gasteiger partial charge on any atom is 0.573 e. The number of carbonyl (C=O) groups excluding carboxylic acids is 1. The number of carboxylic acids is 1. The summed E-state index contributed by atoms with van der Waals surface area (Å²) in [5, 5.41) is 16.5. The SMILES string of the molecule is COc1cc(NC(C(=O)N2CC3(CC3)c3ccc(OC(F)(F)F)cc32)c2ccc(Cl)cc2OC)cc(/C(C)=N/OCCC(=O)O)c1. The number of benzene rings is 3. The summed E-state index contributed by atoms with van der Waals surface area (Å²) in [7, 11) is 2.91. The standard InChI is InChI=1S/C32H31ClF3N3O7/c1-18(38-45-11-8-28(40)41)19-12-21(15-23(13-19)43-2)37-29(24-6-4-20(33)14-27(24)44-3)30(42)39-17-31(9-10-31)25-7-5-22(16-26(25)39)46-32(34,35)36/h4-7,12-16,29,37H,8-11,17H2,1-3H3,(H,40,41)/b38-18+. The number of amides is 1. The quantitative estimate of drug-likeness (QED) is 0.125. The molecule has 14 heteroatoms. The van der Waals surface area contributed by atoms with Crippen LogP contribution in [0.15, 0.2) is 59.8 Å². The summed E-state index contributed by atoms with van der Waals surface area (Å²) >= 11 is 6.24. The third kappa shape index (κ3) is 7.25. The molecular weight excluding hydrogens is 631 g/mol. The van der Waals surface area contributed by atoms with Crippen molar-refractivity contribution in [2.24, 2.45) is 5.16 Å². The van der Waals surface area contributed by atoms with Gasteiger partial charge in [-0.05, 0) is 55.7 Å². The molecule has 1 heterocycles. The third-order valence-electron chi connectivity index (χ3n) is 7.88. The van der Waals surface area contributed by atoms with E-state index < -0.39 is 30.0 Å². The molecule has 3 aromatic rings. The van der Waals surface area contributed by atoms with Crippen LogP contribution in [0.3, 0.4) is 0 Å². The fourth-order valence-electron chi connectivity index (χ4n) is 5.48. The van der Waals surface area contributed by atoms with Crippen molar-refractivity contribution in [3.8, 4) is 17.2 Å². The van der Waals surface area contributed by atoms with Crippen molar-refractivity contribution in [2.75, 3.05) is 37.6 Å². The second-order valence-corrected chi connectivity index (χ2v) is 11.4. The Hall–Kier alpha value is -4.65. The molecule has 1 spiro atoms. The van der Waals surface area contributed by atoms with Gasteiger partial charge in [0, 0.05) is 45.9 Å². The zero-order valence-corrected chi connectivity index (χ0v) is 25.9. The first-order valence-electron chi connectivity index (χ1n) is 14.2. The molecule has 0 bridgehead atoms. The van der Waals surface area contributed by atoms with E-state index in [1.165, 1.54) is 31.3 Å². The molecule has 0 saturated heterocycles. The lowest BCUT2D eigenvalue weighted by molar-refractivity contribution is -0.274. The summed E-state index contributed by atoms with van der Waals surface area (Å²) < 4.78 is 54.6. The second-order valence-electron chi connectivity index (χ2n) is 11.0. The van der Waals surface area contributed by atoms with Crippen LogP contribution in [0.5, 0.6) is 17.2 Å². The lowest BCUT2D eigenvalue weighted by Gasteiger charge is -2.28. The number of oxime groups is 1. The number of carboxylic acid groups (broad SMARTS) is 1. The van der Waals surface area contributed by atoms with Crippen LogP contribution in [0.2, 0.25) is 5.02 Å². The first-order chi connectivity index (χ1) is 21.8. The topological polar surface area (TPSA) is 119 Å². The largest absolute Gasteiger partial charge is 0.573 e. The van der Waals surface area contributed by atoms with Crippen molar-refractivity contribution in [3.05, 3.63) is 76.3 Å². The van der Waals surface area contributed by atoms with E-state index in [4.69, 9.17) is 31.0 Å². The molecule has 1 atom stereocenters. The van der Waals surface area contributed by atoms with Gasteiger partial charge in [0.15, 0.2) is 0 Å². The van der Waals surface area contributed by atoms with Crippen LogP contribution in [0.25, 0.3) is 0 Å². The molecule has 1 amide bonds. The number of fused-ring (bicyclic) bond motifs is 2. The summed E-state index contributed by atoms with van der Waals surface area (Å²) in [5.41, 5.74) is 2.65. The molecule has 46 heavy (non-hydrogen) atoms. The number of nitrogens with zero attached hydrogens (tertiary/aromatic N) is 2. The van der Waals surface area contributed by atoms with E-state index in [1.54, 1.807) is 49.4 Å². The van der Waals surface area contributed by atoms with Crippen LogP contribution >= 0.6 is 11.6 Å². The average molecular weight is 662 g/mol. The Morgan fingerprint density at radius 3 is 2.48 bits per heavy atom. The van der Waals surface area contributed by atoms with Gasteiger partial charge in [-0.2, -0.15) is 0 Å². The fraction of sp³-hybridized carbons (Fsp3) is 0.344. The van der Waals surface area contributed by atoms with Crippen molar-refractivity contribution < 1.29 is 46.9 Å². The normalized spacial score (nSPS) is 15.6. The molecule has 1 saturated carbocycles. The molecule has 244 valence electrons. The van der Waals surface area contributed by atoms with Gasteiger partial charge in [0.25, 0.3) is 5.91 Å². The maximum absolute atomic E-state index is 14.6. The van der Waals surface area contributed by atoms with Crippen molar-refractivity contribution in [3.63, 3.8) is 0 Å². The predicted molar refractivity (Wildman–Crippen MR) is 164 cm³/mol. The summed E-state index contributed by atoms with van der Waals surface area (Å²) in [6, 6.07) is 12.9. The summed E-state index contributed by atoms with van der Waals surface area (Å²) in [6.45, 7) is 1.83. The lowest BCUT2D eigenvalue weighted by atomic mass is 9.99. The second kappa shape index (κ2) is 13.0. The van der Waals surface area contributed by atoms with Crippen LogP contribution < -0.4 is 24.4 Å². The number of rotatable bonds is 12. The van der Waals surface area contributed by atoms with Gasteiger partial charge in [-0.3, -0.25) is 9.59 Å². The molecule has 1 aliphatic carbocycles. The highest BCUT2D eigenvalue weighted by Crippen LogP contribution is 2.57. The van der Waals surface area contributed by atoms with Crippen LogP contribution in [0.1, 0.15) is 48.9 Å². The number of nitrogens with one attached hydrogen (secondary N) is 1. The third-order valence-corrected chi connectivity index (χ3v) is 8.11. The molecule has 2 aliphatic rings. The molecule has 2 N–H and O–H groups in total. The van der Waals surface area contributed by atoms with Crippen molar-refractivity contribution >= 4 is 40.6 Å². The van der Waals surface area contributed by atoms with E-state index in [2.05, 4.69) is 15.2 Å². The van der Waals surface area contributed by atoms with Crippen molar-refractivity contribution in [2.45, 2.75) is 44.0 Å². The number of alkyl halides is 3. The molecular formula is C32H31ClF3N3O7. The Bertz CT molecular complexity index is 1680. The highest BCUT2D eigenvalue weighted by atomic mass is 35.5. The number of carbonyl (C=O) groups is 2. The predicted octanol–water partition coefficient (Wildman–Crippen LogP) is 6.70. The Balaban J connectivity index is 1.54. The van der Waals surface area contributed by atoms with E-state index in [1.807, 2.05) is 0 Å². The van der Waals surface area contributed by atoms with Gasteiger partial charge >= 0.3 is 12.3 Å². The zero-order chi connectivity index (χ0) is 33.2.